The Morgan fingerprint density at radius 1 is 1.33 bits per heavy atom. The van der Waals surface area contributed by atoms with E-state index >= 15 is 0 Å². The molecule has 1 aromatic heterocycles. The summed E-state index contributed by atoms with van der Waals surface area (Å²) < 4.78 is 10.3. The molecule has 1 saturated heterocycles. The largest absolute Gasteiger partial charge is 0.423 e. The van der Waals surface area contributed by atoms with Crippen LogP contribution in [0.4, 0.5) is 0 Å². The zero-order chi connectivity index (χ0) is 10.3. The summed E-state index contributed by atoms with van der Waals surface area (Å²) in [5.74, 6) is 0. The quantitative estimate of drug-likeness (QED) is 0.550. The van der Waals surface area contributed by atoms with Gasteiger partial charge < -0.3 is 9.15 Å². The number of epoxide rings is 1. The van der Waals surface area contributed by atoms with E-state index in [1.807, 2.05) is 24.3 Å². The molecule has 15 heavy (non-hydrogen) atoms. The van der Waals surface area contributed by atoms with E-state index < -0.39 is 0 Å². The number of hydrogen-bond acceptors (Lipinski definition) is 3. The van der Waals surface area contributed by atoms with Crippen LogP contribution in [0.15, 0.2) is 39.5 Å². The van der Waals surface area contributed by atoms with Gasteiger partial charge in [-0.2, -0.15) is 0 Å². The molecule has 0 saturated carbocycles. The summed E-state index contributed by atoms with van der Waals surface area (Å²) in [6.45, 7) is 0.756. The van der Waals surface area contributed by atoms with Crippen molar-refractivity contribution in [2.45, 2.75) is 12.5 Å². The van der Waals surface area contributed by atoms with E-state index in [-0.39, 0.29) is 11.7 Å². The van der Waals surface area contributed by atoms with Gasteiger partial charge in [0.2, 0.25) is 0 Å². The maximum Gasteiger partial charge on any atom is 0.339 e. The van der Waals surface area contributed by atoms with Gasteiger partial charge in [-0.1, -0.05) is 18.2 Å². The van der Waals surface area contributed by atoms with E-state index in [1.54, 1.807) is 6.07 Å². The van der Waals surface area contributed by atoms with E-state index in [4.69, 9.17) is 9.15 Å². The van der Waals surface area contributed by atoms with Crippen molar-refractivity contribution in [3.63, 3.8) is 0 Å². The Bertz CT molecular complexity index is 552. The van der Waals surface area contributed by atoms with Gasteiger partial charge in [-0.15, -0.1) is 0 Å². The van der Waals surface area contributed by atoms with Crippen LogP contribution >= 0.6 is 0 Å². The molecule has 1 fully saturated rings. The summed E-state index contributed by atoms with van der Waals surface area (Å²) in [5, 5.41) is 0.966. The molecule has 1 unspecified atom stereocenters. The number of benzene rings is 1. The van der Waals surface area contributed by atoms with Gasteiger partial charge in [-0.25, -0.2) is 4.79 Å². The molecule has 0 radical (unpaired) electrons. The molecule has 2 aromatic rings. The number of rotatable bonds is 2. The summed E-state index contributed by atoms with van der Waals surface area (Å²) >= 11 is 0. The molecule has 1 aromatic carbocycles. The van der Waals surface area contributed by atoms with Gasteiger partial charge in [0.1, 0.15) is 5.58 Å². The smallest absolute Gasteiger partial charge is 0.339 e. The number of para-hydroxylation sites is 1. The first-order chi connectivity index (χ1) is 7.33. The molecule has 1 atom stereocenters. The van der Waals surface area contributed by atoms with Gasteiger partial charge >= 0.3 is 5.63 Å². The molecule has 2 heterocycles. The summed E-state index contributed by atoms with van der Waals surface area (Å²) in [6.07, 6.45) is 0.877. The number of ether oxygens (including phenoxy) is 1. The average Bonchev–Trinajstić information content (AvgIpc) is 3.03. The van der Waals surface area contributed by atoms with Crippen molar-refractivity contribution in [1.82, 2.24) is 0 Å². The van der Waals surface area contributed by atoms with Crippen molar-refractivity contribution < 1.29 is 9.15 Å². The minimum Gasteiger partial charge on any atom is -0.423 e. The highest BCUT2D eigenvalue weighted by Gasteiger charge is 2.24. The standard InChI is InChI=1S/C12H10O3/c13-12-9(6-10-7-14-10)5-8-3-1-2-4-11(8)15-12/h1-5,10H,6-7H2. The first-order valence-corrected chi connectivity index (χ1v) is 4.96. The normalized spacial score (nSPS) is 19.3. The highest BCUT2D eigenvalue weighted by Crippen LogP contribution is 2.17. The molecule has 0 amide bonds. The summed E-state index contributed by atoms with van der Waals surface area (Å²) in [7, 11) is 0. The Labute approximate surface area is 86.3 Å². The van der Waals surface area contributed by atoms with E-state index in [9.17, 15) is 4.79 Å². The Hall–Kier alpha value is -1.61. The zero-order valence-electron chi connectivity index (χ0n) is 8.10. The summed E-state index contributed by atoms with van der Waals surface area (Å²) in [4.78, 5) is 11.6. The SMILES string of the molecule is O=c1oc2ccccc2cc1CC1CO1. The average molecular weight is 202 g/mol. The molecule has 3 rings (SSSR count). The van der Waals surface area contributed by atoms with E-state index in [0.717, 1.165) is 12.0 Å². The first kappa shape index (κ1) is 8.68. The van der Waals surface area contributed by atoms with Crippen LogP contribution in [-0.2, 0) is 11.2 Å². The van der Waals surface area contributed by atoms with Crippen LogP contribution in [0.3, 0.4) is 0 Å². The van der Waals surface area contributed by atoms with Gasteiger partial charge in [0, 0.05) is 17.4 Å². The lowest BCUT2D eigenvalue weighted by Gasteiger charge is -1.99. The van der Waals surface area contributed by atoms with E-state index in [2.05, 4.69) is 0 Å². The third kappa shape index (κ3) is 1.66. The van der Waals surface area contributed by atoms with Crippen molar-refractivity contribution in [1.29, 1.82) is 0 Å². The highest BCUT2D eigenvalue weighted by molar-refractivity contribution is 5.76. The van der Waals surface area contributed by atoms with Crippen molar-refractivity contribution >= 4 is 11.0 Å². The maximum absolute atomic E-state index is 11.6. The lowest BCUT2D eigenvalue weighted by molar-refractivity contribution is 0.404. The van der Waals surface area contributed by atoms with E-state index in [1.165, 1.54) is 0 Å². The van der Waals surface area contributed by atoms with E-state index in [0.29, 0.717) is 17.6 Å². The Morgan fingerprint density at radius 3 is 2.93 bits per heavy atom. The monoisotopic (exact) mass is 202 g/mol. The molecular formula is C12H10O3. The Morgan fingerprint density at radius 2 is 2.13 bits per heavy atom. The summed E-state index contributed by atoms with van der Waals surface area (Å²) in [6, 6.07) is 9.42. The molecule has 3 nitrogen and oxygen atoms in total. The van der Waals surface area contributed by atoms with Crippen LogP contribution in [0.25, 0.3) is 11.0 Å². The molecule has 3 heteroatoms. The second-order valence-electron chi connectivity index (χ2n) is 3.76. The second kappa shape index (κ2) is 3.21. The number of fused-ring (bicyclic) bond motifs is 1. The Balaban J connectivity index is 2.13. The first-order valence-electron chi connectivity index (χ1n) is 4.96. The third-order valence-corrected chi connectivity index (χ3v) is 2.56. The molecular weight excluding hydrogens is 192 g/mol. The molecule has 0 N–H and O–H groups in total. The fraction of sp³-hybridized carbons (Fsp3) is 0.250. The van der Waals surface area contributed by atoms with Crippen molar-refractivity contribution in [2.75, 3.05) is 6.61 Å². The minimum atomic E-state index is -0.246. The van der Waals surface area contributed by atoms with Crippen LogP contribution in [0.1, 0.15) is 5.56 Å². The molecule has 76 valence electrons. The predicted octanol–water partition coefficient (Wildman–Crippen LogP) is 1.73. The zero-order valence-corrected chi connectivity index (χ0v) is 8.10. The fourth-order valence-corrected chi connectivity index (χ4v) is 1.68. The lowest BCUT2D eigenvalue weighted by atomic mass is 10.1. The number of hydrogen-bond donors (Lipinski definition) is 0. The highest BCUT2D eigenvalue weighted by atomic mass is 16.6. The fourth-order valence-electron chi connectivity index (χ4n) is 1.68. The van der Waals surface area contributed by atoms with Crippen LogP contribution in [-0.4, -0.2) is 12.7 Å². The van der Waals surface area contributed by atoms with Crippen LogP contribution in [0.5, 0.6) is 0 Å². The third-order valence-electron chi connectivity index (χ3n) is 2.56. The van der Waals surface area contributed by atoms with Crippen molar-refractivity contribution in [3.05, 3.63) is 46.3 Å². The molecule has 0 aliphatic carbocycles. The maximum atomic E-state index is 11.6. The molecule has 0 bridgehead atoms. The van der Waals surface area contributed by atoms with Crippen molar-refractivity contribution in [3.8, 4) is 0 Å². The van der Waals surface area contributed by atoms with Gasteiger partial charge in [-0.3, -0.25) is 0 Å². The minimum absolute atomic E-state index is 0.217. The molecule has 1 aliphatic heterocycles. The van der Waals surface area contributed by atoms with Gasteiger partial charge in [-0.05, 0) is 12.1 Å². The van der Waals surface area contributed by atoms with Crippen molar-refractivity contribution in [2.24, 2.45) is 0 Å². The van der Waals surface area contributed by atoms with Crippen LogP contribution in [0.2, 0.25) is 0 Å². The second-order valence-corrected chi connectivity index (χ2v) is 3.76. The Kier molecular flexibility index (Phi) is 1.86. The molecule has 0 spiro atoms. The van der Waals surface area contributed by atoms with Gasteiger partial charge in [0.15, 0.2) is 0 Å². The van der Waals surface area contributed by atoms with Crippen LogP contribution in [0, 0.1) is 0 Å². The lowest BCUT2D eigenvalue weighted by Crippen LogP contribution is -2.09. The van der Waals surface area contributed by atoms with Gasteiger partial charge in [0.25, 0.3) is 0 Å². The predicted molar refractivity (Wildman–Crippen MR) is 55.9 cm³/mol. The van der Waals surface area contributed by atoms with Gasteiger partial charge in [0.05, 0.1) is 12.7 Å². The summed E-state index contributed by atoms with van der Waals surface area (Å²) in [5.41, 5.74) is 1.10. The molecule has 1 aliphatic rings. The topological polar surface area (TPSA) is 42.7 Å². The van der Waals surface area contributed by atoms with Crippen LogP contribution < -0.4 is 5.63 Å².